The molecule has 0 bridgehead atoms. The van der Waals surface area contributed by atoms with Gasteiger partial charge in [0.25, 0.3) is 5.91 Å². The van der Waals surface area contributed by atoms with Crippen LogP contribution in [0.5, 0.6) is 0 Å². The Morgan fingerprint density at radius 3 is 2.00 bits per heavy atom. The van der Waals surface area contributed by atoms with E-state index in [1.54, 1.807) is 6.92 Å². The number of carbonyl (C=O) groups is 1. The molecule has 0 spiro atoms. The number of hydrogen-bond acceptors (Lipinski definition) is 1. The average molecular weight is 179 g/mol. The van der Waals surface area contributed by atoms with Gasteiger partial charge in [-0.05, 0) is 12.3 Å². The van der Waals surface area contributed by atoms with Gasteiger partial charge in [-0.1, -0.05) is 20.8 Å². The highest BCUT2D eigenvalue weighted by Gasteiger charge is 2.24. The predicted molar refractivity (Wildman–Crippen MR) is 43.1 cm³/mol. The number of alkyl halides is 2. The molecule has 2 nitrogen and oxygen atoms in total. The van der Waals surface area contributed by atoms with E-state index in [-0.39, 0.29) is 11.5 Å². The normalized spacial score (nSPS) is 14.6. The standard InChI is InChI=1S/C8H15F2NO/c1-5(8(2,3)4)11-7(12)6(9)10/h5-6H,1-4H3,(H,11,12). The molecule has 1 N–H and O–H groups in total. The van der Waals surface area contributed by atoms with Crippen LogP contribution in [0.25, 0.3) is 0 Å². The van der Waals surface area contributed by atoms with Gasteiger partial charge < -0.3 is 5.32 Å². The summed E-state index contributed by atoms with van der Waals surface area (Å²) in [4.78, 5) is 10.5. The van der Waals surface area contributed by atoms with Crippen molar-refractivity contribution in [2.75, 3.05) is 0 Å². The topological polar surface area (TPSA) is 29.1 Å². The lowest BCUT2D eigenvalue weighted by molar-refractivity contribution is -0.133. The second-order valence-electron chi connectivity index (χ2n) is 3.90. The van der Waals surface area contributed by atoms with Gasteiger partial charge in [0.1, 0.15) is 0 Å². The molecule has 0 heterocycles. The van der Waals surface area contributed by atoms with E-state index in [1.165, 1.54) is 0 Å². The van der Waals surface area contributed by atoms with E-state index in [2.05, 4.69) is 5.32 Å². The molecule has 0 aromatic heterocycles. The first-order valence-corrected chi connectivity index (χ1v) is 3.83. The van der Waals surface area contributed by atoms with Gasteiger partial charge in [-0.15, -0.1) is 0 Å². The molecule has 0 fully saturated rings. The molecule has 0 aromatic rings. The Hall–Kier alpha value is -0.670. The molecule has 0 aromatic carbocycles. The van der Waals surface area contributed by atoms with Crippen LogP contribution in [0.2, 0.25) is 0 Å². The maximum atomic E-state index is 11.8. The first kappa shape index (κ1) is 11.3. The summed E-state index contributed by atoms with van der Waals surface area (Å²) in [5.74, 6) is -1.20. The summed E-state index contributed by atoms with van der Waals surface area (Å²) in [6, 6.07) is -0.251. The summed E-state index contributed by atoms with van der Waals surface area (Å²) >= 11 is 0. The molecule has 1 unspecified atom stereocenters. The summed E-state index contributed by atoms with van der Waals surface area (Å²) in [7, 11) is 0. The minimum absolute atomic E-state index is 0.190. The molecule has 0 aliphatic rings. The highest BCUT2D eigenvalue weighted by atomic mass is 19.3. The number of nitrogens with one attached hydrogen (secondary N) is 1. The van der Waals surface area contributed by atoms with Crippen LogP contribution in [0.1, 0.15) is 27.7 Å². The van der Waals surface area contributed by atoms with Crippen molar-refractivity contribution in [2.24, 2.45) is 5.41 Å². The number of amides is 1. The van der Waals surface area contributed by atoms with Crippen molar-refractivity contribution in [2.45, 2.75) is 40.2 Å². The van der Waals surface area contributed by atoms with Crippen molar-refractivity contribution >= 4 is 5.91 Å². The SMILES string of the molecule is CC(NC(=O)C(F)F)C(C)(C)C. The molecule has 0 radical (unpaired) electrons. The van der Waals surface area contributed by atoms with Gasteiger partial charge in [0, 0.05) is 6.04 Å². The molecule has 72 valence electrons. The molecule has 4 heteroatoms. The summed E-state index contributed by atoms with van der Waals surface area (Å²) in [5, 5.41) is 2.23. The van der Waals surface area contributed by atoms with E-state index in [0.717, 1.165) is 0 Å². The van der Waals surface area contributed by atoms with Gasteiger partial charge in [-0.25, -0.2) is 0 Å². The van der Waals surface area contributed by atoms with Crippen LogP contribution in [0.4, 0.5) is 8.78 Å². The van der Waals surface area contributed by atoms with Crippen LogP contribution >= 0.6 is 0 Å². The first-order chi connectivity index (χ1) is 5.25. The highest BCUT2D eigenvalue weighted by Crippen LogP contribution is 2.18. The van der Waals surface area contributed by atoms with Crippen molar-refractivity contribution in [3.63, 3.8) is 0 Å². The van der Waals surface area contributed by atoms with Crippen LogP contribution in [0.3, 0.4) is 0 Å². The average Bonchev–Trinajstić information content (AvgIpc) is 1.85. The quantitative estimate of drug-likeness (QED) is 0.688. The monoisotopic (exact) mass is 179 g/mol. The van der Waals surface area contributed by atoms with Crippen molar-refractivity contribution in [1.82, 2.24) is 5.32 Å². The second kappa shape index (κ2) is 3.83. The highest BCUT2D eigenvalue weighted by molar-refractivity contribution is 5.79. The molecule has 0 rings (SSSR count). The van der Waals surface area contributed by atoms with Gasteiger partial charge in [0.2, 0.25) is 0 Å². The first-order valence-electron chi connectivity index (χ1n) is 3.83. The van der Waals surface area contributed by atoms with Crippen molar-refractivity contribution in [1.29, 1.82) is 0 Å². The Kier molecular flexibility index (Phi) is 3.61. The Morgan fingerprint density at radius 1 is 1.33 bits per heavy atom. The van der Waals surface area contributed by atoms with E-state index in [4.69, 9.17) is 0 Å². The summed E-state index contributed by atoms with van der Waals surface area (Å²) in [5.41, 5.74) is -0.190. The van der Waals surface area contributed by atoms with Crippen molar-refractivity contribution < 1.29 is 13.6 Å². The number of carbonyl (C=O) groups excluding carboxylic acids is 1. The fourth-order valence-corrected chi connectivity index (χ4v) is 0.493. The minimum Gasteiger partial charge on any atom is -0.348 e. The fraction of sp³-hybridized carbons (Fsp3) is 0.875. The molecule has 0 aliphatic carbocycles. The number of hydrogen-bond donors (Lipinski definition) is 1. The third-order valence-electron chi connectivity index (χ3n) is 1.86. The van der Waals surface area contributed by atoms with E-state index < -0.39 is 12.3 Å². The van der Waals surface area contributed by atoms with Gasteiger partial charge >= 0.3 is 6.43 Å². The molecule has 0 saturated carbocycles. The lowest BCUT2D eigenvalue weighted by Crippen LogP contribution is -2.43. The molecular weight excluding hydrogens is 164 g/mol. The third-order valence-corrected chi connectivity index (χ3v) is 1.86. The third kappa shape index (κ3) is 3.64. The Bertz CT molecular complexity index is 163. The van der Waals surface area contributed by atoms with Crippen LogP contribution in [0.15, 0.2) is 0 Å². The molecule has 1 atom stereocenters. The van der Waals surface area contributed by atoms with Crippen LogP contribution < -0.4 is 5.32 Å². The number of rotatable bonds is 2. The zero-order valence-corrected chi connectivity index (χ0v) is 7.82. The van der Waals surface area contributed by atoms with Crippen LogP contribution in [-0.4, -0.2) is 18.4 Å². The lowest BCUT2D eigenvalue weighted by atomic mass is 9.88. The molecular formula is C8H15F2NO. The maximum absolute atomic E-state index is 11.8. The van der Waals surface area contributed by atoms with E-state index >= 15 is 0 Å². The summed E-state index contributed by atoms with van der Waals surface area (Å²) in [6.07, 6.45) is -2.92. The maximum Gasteiger partial charge on any atom is 0.315 e. The van der Waals surface area contributed by atoms with Gasteiger partial charge in [-0.2, -0.15) is 8.78 Å². The van der Waals surface area contributed by atoms with E-state index in [9.17, 15) is 13.6 Å². The molecule has 0 aliphatic heterocycles. The summed E-state index contributed by atoms with van der Waals surface area (Å²) < 4.78 is 23.5. The van der Waals surface area contributed by atoms with Crippen molar-refractivity contribution in [3.05, 3.63) is 0 Å². The molecule has 0 saturated heterocycles. The minimum atomic E-state index is -2.92. The van der Waals surface area contributed by atoms with Gasteiger partial charge in [0.05, 0.1) is 0 Å². The Labute approximate surface area is 71.3 Å². The van der Waals surface area contributed by atoms with Crippen LogP contribution in [0, 0.1) is 5.41 Å². The van der Waals surface area contributed by atoms with E-state index in [1.807, 2.05) is 20.8 Å². The summed E-state index contributed by atoms with van der Waals surface area (Å²) in [6.45, 7) is 7.34. The largest absolute Gasteiger partial charge is 0.348 e. The van der Waals surface area contributed by atoms with Crippen molar-refractivity contribution in [3.8, 4) is 0 Å². The predicted octanol–water partition coefficient (Wildman–Crippen LogP) is 1.80. The lowest BCUT2D eigenvalue weighted by Gasteiger charge is -2.27. The Balaban J connectivity index is 4.02. The Morgan fingerprint density at radius 2 is 1.75 bits per heavy atom. The smallest absolute Gasteiger partial charge is 0.315 e. The second-order valence-corrected chi connectivity index (χ2v) is 3.90. The van der Waals surface area contributed by atoms with Crippen LogP contribution in [-0.2, 0) is 4.79 Å². The van der Waals surface area contributed by atoms with Gasteiger partial charge in [0.15, 0.2) is 0 Å². The number of halogens is 2. The molecule has 1 amide bonds. The fourth-order valence-electron chi connectivity index (χ4n) is 0.493. The zero-order valence-electron chi connectivity index (χ0n) is 7.82. The molecule has 12 heavy (non-hydrogen) atoms. The zero-order chi connectivity index (χ0) is 9.94. The van der Waals surface area contributed by atoms with E-state index in [0.29, 0.717) is 0 Å². The van der Waals surface area contributed by atoms with Gasteiger partial charge in [-0.3, -0.25) is 4.79 Å².